The van der Waals surface area contributed by atoms with Crippen LogP contribution in [0.25, 0.3) is 0 Å². The van der Waals surface area contributed by atoms with Crippen LogP contribution in [0.15, 0.2) is 0 Å². The summed E-state index contributed by atoms with van der Waals surface area (Å²) in [6.45, 7) is 2.78. The molecule has 0 aromatic carbocycles. The Kier molecular flexibility index (Phi) is 3.62. The van der Waals surface area contributed by atoms with Crippen molar-refractivity contribution in [3.8, 4) is 0 Å². The predicted octanol–water partition coefficient (Wildman–Crippen LogP) is 0.453. The van der Waals surface area contributed by atoms with Gasteiger partial charge in [0.15, 0.2) is 5.78 Å². The topological polar surface area (TPSA) is 72.2 Å². The van der Waals surface area contributed by atoms with Crippen molar-refractivity contribution in [1.29, 1.82) is 0 Å². The van der Waals surface area contributed by atoms with E-state index >= 15 is 0 Å². The van der Waals surface area contributed by atoms with Gasteiger partial charge in [0, 0.05) is 6.42 Å². The number of carbonyl (C=O) groups excluding carboxylic acids is 2. The number of hydrogen-bond acceptors (Lipinski definition) is 3. The molecule has 16 heavy (non-hydrogen) atoms. The van der Waals surface area contributed by atoms with Crippen LogP contribution in [-0.4, -0.2) is 29.7 Å². The van der Waals surface area contributed by atoms with Crippen molar-refractivity contribution in [3.63, 3.8) is 0 Å². The summed E-state index contributed by atoms with van der Waals surface area (Å²) in [5.41, 5.74) is 4.25. The Labute approximate surface area is 92.6 Å². The Bertz CT molecular complexity index is 307. The molecule has 0 bridgehead atoms. The third-order valence-corrected chi connectivity index (χ3v) is 2.96. The van der Waals surface area contributed by atoms with Gasteiger partial charge >= 0.3 is 0 Å². The van der Waals surface area contributed by atoms with Crippen molar-refractivity contribution in [3.05, 3.63) is 0 Å². The SMILES string of the molecule is CC(=O)[C@@]1(NC(=O)[C@H](C)N)C[C@H]1CC(F)F. The summed E-state index contributed by atoms with van der Waals surface area (Å²) in [6.07, 6.45) is -2.54. The lowest BCUT2D eigenvalue weighted by Crippen LogP contribution is -2.49. The molecule has 0 unspecified atom stereocenters. The molecule has 6 heteroatoms. The fourth-order valence-corrected chi connectivity index (χ4v) is 1.84. The highest BCUT2D eigenvalue weighted by atomic mass is 19.3. The van der Waals surface area contributed by atoms with Crippen LogP contribution in [-0.2, 0) is 9.59 Å². The minimum atomic E-state index is -2.46. The van der Waals surface area contributed by atoms with Crippen molar-refractivity contribution in [2.75, 3.05) is 0 Å². The Morgan fingerprint density at radius 2 is 2.12 bits per heavy atom. The molecule has 92 valence electrons. The third kappa shape index (κ3) is 2.55. The van der Waals surface area contributed by atoms with Crippen molar-refractivity contribution >= 4 is 11.7 Å². The monoisotopic (exact) mass is 234 g/mol. The molecule has 0 radical (unpaired) electrons. The second kappa shape index (κ2) is 4.45. The third-order valence-electron chi connectivity index (χ3n) is 2.96. The Balaban J connectivity index is 2.65. The number of halogens is 2. The van der Waals surface area contributed by atoms with E-state index < -0.39 is 29.8 Å². The van der Waals surface area contributed by atoms with Gasteiger partial charge in [-0.2, -0.15) is 0 Å². The van der Waals surface area contributed by atoms with Crippen molar-refractivity contribution in [2.24, 2.45) is 11.7 Å². The zero-order valence-electron chi connectivity index (χ0n) is 9.30. The van der Waals surface area contributed by atoms with Gasteiger partial charge < -0.3 is 11.1 Å². The first-order valence-electron chi connectivity index (χ1n) is 5.16. The highest BCUT2D eigenvalue weighted by Gasteiger charge is 2.59. The minimum Gasteiger partial charge on any atom is -0.342 e. The summed E-state index contributed by atoms with van der Waals surface area (Å²) in [4.78, 5) is 22.7. The molecule has 0 aliphatic heterocycles. The molecule has 0 heterocycles. The normalized spacial score (nSPS) is 30.0. The highest BCUT2D eigenvalue weighted by Crippen LogP contribution is 2.47. The van der Waals surface area contributed by atoms with Gasteiger partial charge in [-0.1, -0.05) is 0 Å². The number of nitrogens with two attached hydrogens (primary N) is 1. The van der Waals surface area contributed by atoms with Crippen molar-refractivity contribution in [2.45, 2.75) is 44.7 Å². The maximum Gasteiger partial charge on any atom is 0.239 e. The first-order valence-corrected chi connectivity index (χ1v) is 5.16. The molecule has 1 aliphatic rings. The smallest absolute Gasteiger partial charge is 0.239 e. The van der Waals surface area contributed by atoms with E-state index in [1.54, 1.807) is 0 Å². The van der Waals surface area contributed by atoms with Gasteiger partial charge in [0.2, 0.25) is 12.3 Å². The van der Waals surface area contributed by atoms with E-state index in [0.29, 0.717) is 0 Å². The largest absolute Gasteiger partial charge is 0.342 e. The zero-order valence-corrected chi connectivity index (χ0v) is 9.30. The standard InChI is InChI=1S/C10H16F2N2O2/c1-5(13)9(16)14-10(6(2)15)4-7(10)3-8(11)12/h5,7-8H,3-4,13H2,1-2H3,(H,14,16)/t5-,7+,10-/m0/s1. The van der Waals surface area contributed by atoms with E-state index in [-0.39, 0.29) is 18.6 Å². The molecule has 3 atom stereocenters. The Morgan fingerprint density at radius 3 is 2.50 bits per heavy atom. The molecule has 1 fully saturated rings. The van der Waals surface area contributed by atoms with Gasteiger partial charge in [0.1, 0.15) is 5.54 Å². The molecular weight excluding hydrogens is 218 g/mol. The number of nitrogens with one attached hydrogen (secondary N) is 1. The van der Waals surface area contributed by atoms with E-state index in [4.69, 9.17) is 5.73 Å². The fourth-order valence-electron chi connectivity index (χ4n) is 1.84. The van der Waals surface area contributed by atoms with Gasteiger partial charge in [0.05, 0.1) is 6.04 Å². The van der Waals surface area contributed by atoms with Crippen LogP contribution in [0.3, 0.4) is 0 Å². The second-order valence-corrected chi connectivity index (χ2v) is 4.33. The molecule has 0 spiro atoms. The lowest BCUT2D eigenvalue weighted by atomic mass is 10.1. The van der Waals surface area contributed by atoms with Crippen molar-refractivity contribution in [1.82, 2.24) is 5.32 Å². The number of hydrogen-bond donors (Lipinski definition) is 2. The van der Waals surface area contributed by atoms with Crippen LogP contribution < -0.4 is 11.1 Å². The molecular formula is C10H16F2N2O2. The van der Waals surface area contributed by atoms with E-state index in [1.165, 1.54) is 13.8 Å². The van der Waals surface area contributed by atoms with Crippen LogP contribution in [0.1, 0.15) is 26.7 Å². The quantitative estimate of drug-likeness (QED) is 0.725. The molecule has 1 aliphatic carbocycles. The maximum absolute atomic E-state index is 12.2. The average molecular weight is 234 g/mol. The Morgan fingerprint density at radius 1 is 1.56 bits per heavy atom. The minimum absolute atomic E-state index is 0.283. The number of Topliss-reactive ketones (excluding diaryl/α,β-unsaturated/α-hetero) is 1. The summed E-state index contributed by atoms with van der Waals surface area (Å²) in [5.74, 6) is -1.23. The summed E-state index contributed by atoms with van der Waals surface area (Å²) < 4.78 is 24.4. The first kappa shape index (κ1) is 13.0. The number of ketones is 1. The number of amides is 1. The van der Waals surface area contributed by atoms with Gasteiger partial charge in [0.25, 0.3) is 0 Å². The lowest BCUT2D eigenvalue weighted by molar-refractivity contribution is -0.128. The van der Waals surface area contributed by atoms with Crippen LogP contribution in [0.4, 0.5) is 8.78 Å². The molecule has 3 N–H and O–H groups in total. The molecule has 0 aromatic heterocycles. The van der Waals surface area contributed by atoms with E-state index in [2.05, 4.69) is 5.32 Å². The van der Waals surface area contributed by atoms with Gasteiger partial charge in [-0.15, -0.1) is 0 Å². The molecule has 4 nitrogen and oxygen atoms in total. The molecule has 1 amide bonds. The van der Waals surface area contributed by atoms with E-state index in [9.17, 15) is 18.4 Å². The van der Waals surface area contributed by atoms with Crippen LogP contribution in [0.2, 0.25) is 0 Å². The van der Waals surface area contributed by atoms with E-state index in [0.717, 1.165) is 0 Å². The number of alkyl halides is 2. The first-order chi connectivity index (χ1) is 7.29. The maximum atomic E-state index is 12.2. The molecule has 0 aromatic rings. The van der Waals surface area contributed by atoms with Crippen LogP contribution >= 0.6 is 0 Å². The van der Waals surface area contributed by atoms with Gasteiger partial charge in [-0.05, 0) is 26.2 Å². The van der Waals surface area contributed by atoms with Crippen LogP contribution in [0.5, 0.6) is 0 Å². The van der Waals surface area contributed by atoms with Crippen LogP contribution in [0, 0.1) is 5.92 Å². The fraction of sp³-hybridized carbons (Fsp3) is 0.800. The van der Waals surface area contributed by atoms with Crippen molar-refractivity contribution < 1.29 is 18.4 Å². The second-order valence-electron chi connectivity index (χ2n) is 4.33. The average Bonchev–Trinajstić information content (AvgIpc) is 2.78. The number of carbonyl (C=O) groups is 2. The molecule has 1 saturated carbocycles. The molecule has 1 rings (SSSR count). The van der Waals surface area contributed by atoms with Gasteiger partial charge in [-0.25, -0.2) is 8.78 Å². The molecule has 0 saturated heterocycles. The number of rotatable bonds is 5. The summed E-state index contributed by atoms with van der Waals surface area (Å²) in [6, 6.07) is -0.746. The summed E-state index contributed by atoms with van der Waals surface area (Å²) >= 11 is 0. The van der Waals surface area contributed by atoms with E-state index in [1.807, 2.05) is 0 Å². The highest BCUT2D eigenvalue weighted by molar-refractivity contribution is 5.95. The van der Waals surface area contributed by atoms with Gasteiger partial charge in [-0.3, -0.25) is 9.59 Å². The predicted molar refractivity (Wildman–Crippen MR) is 53.9 cm³/mol. The summed E-state index contributed by atoms with van der Waals surface area (Å²) in [5, 5.41) is 2.47. The lowest BCUT2D eigenvalue weighted by Gasteiger charge is -2.18. The summed E-state index contributed by atoms with van der Waals surface area (Å²) in [7, 11) is 0. The zero-order chi connectivity index (χ0) is 12.5. The Hall–Kier alpha value is -1.04.